The Labute approximate surface area is 136 Å². The van der Waals surface area contributed by atoms with Crippen molar-refractivity contribution in [1.29, 1.82) is 0 Å². The van der Waals surface area contributed by atoms with Crippen molar-refractivity contribution < 1.29 is 4.79 Å². The van der Waals surface area contributed by atoms with E-state index in [1.165, 1.54) is 37.4 Å². The molecule has 1 N–H and O–H groups in total. The zero-order valence-corrected chi connectivity index (χ0v) is 14.5. The summed E-state index contributed by atoms with van der Waals surface area (Å²) in [4.78, 5) is 12.3. The first-order valence-electron chi connectivity index (χ1n) is 8.40. The van der Waals surface area contributed by atoms with E-state index in [-0.39, 0.29) is 5.91 Å². The van der Waals surface area contributed by atoms with Crippen LogP contribution in [0.1, 0.15) is 57.8 Å². The SMILES string of the molecule is Cc1nnc(SCC(=O)N[C@@H]2CCC[C@@H](C)[C@@H]2C)n1C1CC1. The summed E-state index contributed by atoms with van der Waals surface area (Å²) in [5.41, 5.74) is 0. The first-order valence-corrected chi connectivity index (χ1v) is 9.38. The van der Waals surface area contributed by atoms with Crippen molar-refractivity contribution >= 4 is 17.7 Å². The van der Waals surface area contributed by atoms with Gasteiger partial charge in [0.25, 0.3) is 0 Å². The third-order valence-electron chi connectivity index (χ3n) is 5.13. The zero-order valence-electron chi connectivity index (χ0n) is 13.7. The lowest BCUT2D eigenvalue weighted by Crippen LogP contribution is -2.44. The number of thioether (sulfide) groups is 1. The third-order valence-corrected chi connectivity index (χ3v) is 6.08. The van der Waals surface area contributed by atoms with Crippen molar-refractivity contribution in [1.82, 2.24) is 20.1 Å². The van der Waals surface area contributed by atoms with Gasteiger partial charge in [-0.2, -0.15) is 0 Å². The molecule has 1 aromatic heterocycles. The normalized spacial score (nSPS) is 28.6. The number of aryl methyl sites for hydroxylation is 1. The van der Waals surface area contributed by atoms with E-state index in [9.17, 15) is 4.79 Å². The molecule has 1 aromatic rings. The summed E-state index contributed by atoms with van der Waals surface area (Å²) in [5.74, 6) is 2.79. The predicted octanol–water partition coefficient (Wildman–Crippen LogP) is 2.95. The fourth-order valence-electron chi connectivity index (χ4n) is 3.37. The van der Waals surface area contributed by atoms with E-state index in [1.807, 2.05) is 6.92 Å². The van der Waals surface area contributed by atoms with Gasteiger partial charge in [0.15, 0.2) is 5.16 Å². The van der Waals surface area contributed by atoms with Crippen molar-refractivity contribution in [3.63, 3.8) is 0 Å². The van der Waals surface area contributed by atoms with Crippen LogP contribution >= 0.6 is 11.8 Å². The van der Waals surface area contributed by atoms with Crippen LogP contribution in [-0.4, -0.2) is 32.5 Å². The molecule has 2 aliphatic rings. The highest BCUT2D eigenvalue weighted by Crippen LogP contribution is 2.38. The minimum atomic E-state index is 0.124. The van der Waals surface area contributed by atoms with Crippen LogP contribution < -0.4 is 5.32 Å². The predicted molar refractivity (Wildman–Crippen MR) is 87.9 cm³/mol. The Morgan fingerprint density at radius 1 is 1.27 bits per heavy atom. The van der Waals surface area contributed by atoms with Gasteiger partial charge in [-0.25, -0.2) is 0 Å². The zero-order chi connectivity index (χ0) is 15.7. The molecule has 0 bridgehead atoms. The summed E-state index contributed by atoms with van der Waals surface area (Å²) in [5, 5.41) is 12.5. The highest BCUT2D eigenvalue weighted by molar-refractivity contribution is 7.99. The van der Waals surface area contributed by atoms with Crippen LogP contribution in [0.4, 0.5) is 0 Å². The van der Waals surface area contributed by atoms with E-state index in [0.29, 0.717) is 29.7 Å². The van der Waals surface area contributed by atoms with E-state index in [4.69, 9.17) is 0 Å². The van der Waals surface area contributed by atoms with Crippen LogP contribution in [0.15, 0.2) is 5.16 Å². The van der Waals surface area contributed by atoms with Gasteiger partial charge in [0, 0.05) is 12.1 Å². The Morgan fingerprint density at radius 2 is 2.05 bits per heavy atom. The number of hydrogen-bond acceptors (Lipinski definition) is 4. The van der Waals surface area contributed by atoms with Gasteiger partial charge >= 0.3 is 0 Å². The van der Waals surface area contributed by atoms with Gasteiger partial charge in [-0.3, -0.25) is 4.79 Å². The number of amides is 1. The fraction of sp³-hybridized carbons (Fsp3) is 0.812. The van der Waals surface area contributed by atoms with Crippen molar-refractivity contribution in [3.05, 3.63) is 5.82 Å². The highest BCUT2D eigenvalue weighted by atomic mass is 32.2. The molecule has 3 rings (SSSR count). The second-order valence-corrected chi connectivity index (χ2v) is 7.80. The topological polar surface area (TPSA) is 59.8 Å². The lowest BCUT2D eigenvalue weighted by molar-refractivity contribution is -0.120. The summed E-state index contributed by atoms with van der Waals surface area (Å²) in [6.07, 6.45) is 6.02. The van der Waals surface area contributed by atoms with E-state index < -0.39 is 0 Å². The number of nitrogens with one attached hydrogen (secondary N) is 1. The van der Waals surface area contributed by atoms with Gasteiger partial charge in [-0.15, -0.1) is 10.2 Å². The van der Waals surface area contributed by atoms with Crippen molar-refractivity contribution in [2.45, 2.75) is 70.1 Å². The first-order chi connectivity index (χ1) is 10.6. The van der Waals surface area contributed by atoms with Crippen LogP contribution in [0, 0.1) is 18.8 Å². The van der Waals surface area contributed by atoms with Crippen LogP contribution in [0.3, 0.4) is 0 Å². The van der Waals surface area contributed by atoms with Crippen LogP contribution in [-0.2, 0) is 4.79 Å². The molecular formula is C16H26N4OS. The largest absolute Gasteiger partial charge is 0.352 e. The quantitative estimate of drug-likeness (QED) is 0.847. The monoisotopic (exact) mass is 322 g/mol. The van der Waals surface area contributed by atoms with E-state index in [1.54, 1.807) is 0 Å². The molecule has 22 heavy (non-hydrogen) atoms. The molecule has 0 unspecified atom stereocenters. The molecule has 2 fully saturated rings. The maximum Gasteiger partial charge on any atom is 0.230 e. The second kappa shape index (κ2) is 6.60. The average Bonchev–Trinajstić information content (AvgIpc) is 3.25. The molecule has 1 amide bonds. The summed E-state index contributed by atoms with van der Waals surface area (Å²) < 4.78 is 2.18. The third kappa shape index (κ3) is 3.47. The minimum absolute atomic E-state index is 0.124. The number of hydrogen-bond donors (Lipinski definition) is 1. The fourth-order valence-corrected chi connectivity index (χ4v) is 4.23. The number of carbonyl (C=O) groups excluding carboxylic acids is 1. The summed E-state index contributed by atoms with van der Waals surface area (Å²) in [6, 6.07) is 0.889. The summed E-state index contributed by atoms with van der Waals surface area (Å²) in [6.45, 7) is 6.54. The molecule has 0 aromatic carbocycles. The Bertz CT molecular complexity index is 540. The molecule has 3 atom stereocenters. The van der Waals surface area contributed by atoms with E-state index >= 15 is 0 Å². The Hall–Kier alpha value is -1.04. The van der Waals surface area contributed by atoms with E-state index in [2.05, 4.69) is 33.9 Å². The molecule has 5 nitrogen and oxygen atoms in total. The molecule has 0 saturated heterocycles. The van der Waals surface area contributed by atoms with Gasteiger partial charge < -0.3 is 9.88 Å². The number of rotatable bonds is 5. The molecule has 0 radical (unpaired) electrons. The maximum atomic E-state index is 12.3. The molecule has 0 spiro atoms. The average molecular weight is 322 g/mol. The van der Waals surface area contributed by atoms with Gasteiger partial charge in [0.2, 0.25) is 5.91 Å². The highest BCUT2D eigenvalue weighted by Gasteiger charge is 2.30. The molecule has 2 aliphatic carbocycles. The molecule has 2 saturated carbocycles. The lowest BCUT2D eigenvalue weighted by Gasteiger charge is -2.34. The van der Waals surface area contributed by atoms with Gasteiger partial charge in [-0.05, 0) is 38.0 Å². The molecule has 122 valence electrons. The van der Waals surface area contributed by atoms with E-state index in [0.717, 1.165) is 17.4 Å². The minimum Gasteiger partial charge on any atom is -0.352 e. The molecule has 0 aliphatic heterocycles. The molecular weight excluding hydrogens is 296 g/mol. The Kier molecular flexibility index (Phi) is 4.76. The van der Waals surface area contributed by atoms with Crippen molar-refractivity contribution in [2.24, 2.45) is 11.8 Å². The summed E-state index contributed by atoms with van der Waals surface area (Å²) in [7, 11) is 0. The van der Waals surface area contributed by atoms with Gasteiger partial charge in [-0.1, -0.05) is 38.5 Å². The van der Waals surface area contributed by atoms with Gasteiger partial charge in [0.05, 0.1) is 5.75 Å². The maximum absolute atomic E-state index is 12.3. The molecule has 6 heteroatoms. The van der Waals surface area contributed by atoms with Crippen molar-refractivity contribution in [2.75, 3.05) is 5.75 Å². The first kappa shape index (κ1) is 15.8. The number of carbonyl (C=O) groups is 1. The van der Waals surface area contributed by atoms with Crippen LogP contribution in [0.2, 0.25) is 0 Å². The number of nitrogens with zero attached hydrogens (tertiary/aromatic N) is 3. The smallest absolute Gasteiger partial charge is 0.230 e. The number of aromatic nitrogens is 3. The Balaban J connectivity index is 1.52. The second-order valence-electron chi connectivity index (χ2n) is 6.86. The van der Waals surface area contributed by atoms with Gasteiger partial charge in [0.1, 0.15) is 5.82 Å². The Morgan fingerprint density at radius 3 is 2.77 bits per heavy atom. The standard InChI is InChI=1S/C16H26N4OS/c1-10-5-4-6-14(11(10)2)17-15(21)9-22-16-19-18-12(3)20(16)13-7-8-13/h10-11,13-14H,4-9H2,1-3H3,(H,17,21)/t10-,11+,14-/m1/s1. The van der Waals surface area contributed by atoms with Crippen LogP contribution in [0.5, 0.6) is 0 Å². The summed E-state index contributed by atoms with van der Waals surface area (Å²) >= 11 is 1.51. The van der Waals surface area contributed by atoms with Crippen LogP contribution in [0.25, 0.3) is 0 Å². The lowest BCUT2D eigenvalue weighted by atomic mass is 9.78. The molecule has 1 heterocycles. The van der Waals surface area contributed by atoms with Crippen molar-refractivity contribution in [3.8, 4) is 0 Å².